The minimum Gasteiger partial charge on any atom is -0.468 e. The first kappa shape index (κ1) is 8.97. The van der Waals surface area contributed by atoms with Crippen molar-refractivity contribution in [3.05, 3.63) is 12.2 Å². The van der Waals surface area contributed by atoms with Gasteiger partial charge in [-0.15, -0.1) is 0 Å². The number of carbonyl (C=O) groups excluding carboxylic acids is 2. The van der Waals surface area contributed by atoms with Gasteiger partial charge in [0.25, 0.3) is 0 Å². The summed E-state index contributed by atoms with van der Waals surface area (Å²) in [6, 6.07) is 0. The highest BCUT2D eigenvalue weighted by Crippen LogP contribution is 2.31. The van der Waals surface area contributed by atoms with Crippen molar-refractivity contribution < 1.29 is 14.3 Å². The smallest absolute Gasteiger partial charge is 0.319 e. The van der Waals surface area contributed by atoms with E-state index < -0.39 is 11.4 Å². The largest absolute Gasteiger partial charge is 0.468 e. The highest BCUT2D eigenvalue weighted by atomic mass is 16.5. The molecule has 0 heterocycles. The SMILES string of the molecule is COC(=O)C1(C=O)CC=CCC1. The lowest BCUT2D eigenvalue weighted by Crippen LogP contribution is -2.34. The van der Waals surface area contributed by atoms with Crippen molar-refractivity contribution in [3.8, 4) is 0 Å². The molecule has 0 N–H and O–H groups in total. The summed E-state index contributed by atoms with van der Waals surface area (Å²) < 4.78 is 4.58. The van der Waals surface area contributed by atoms with Gasteiger partial charge < -0.3 is 9.53 Å². The van der Waals surface area contributed by atoms with Crippen LogP contribution >= 0.6 is 0 Å². The number of hydrogen-bond donors (Lipinski definition) is 0. The van der Waals surface area contributed by atoms with Gasteiger partial charge in [0.2, 0.25) is 0 Å². The zero-order valence-electron chi connectivity index (χ0n) is 7.08. The summed E-state index contributed by atoms with van der Waals surface area (Å²) in [6.07, 6.45) is 6.36. The van der Waals surface area contributed by atoms with Crippen LogP contribution < -0.4 is 0 Å². The van der Waals surface area contributed by atoms with Crippen molar-refractivity contribution in [2.24, 2.45) is 5.41 Å². The Labute approximate surface area is 71.4 Å². The quantitative estimate of drug-likeness (QED) is 0.268. The molecule has 0 aromatic carbocycles. The maximum absolute atomic E-state index is 11.2. The molecule has 0 aromatic heterocycles. The van der Waals surface area contributed by atoms with E-state index in [0.717, 1.165) is 6.42 Å². The number of esters is 1. The third-order valence-electron chi connectivity index (χ3n) is 2.22. The second kappa shape index (κ2) is 3.52. The first-order valence-electron chi connectivity index (χ1n) is 3.95. The molecule has 0 radical (unpaired) electrons. The summed E-state index contributed by atoms with van der Waals surface area (Å²) in [5, 5.41) is 0. The van der Waals surface area contributed by atoms with Crippen LogP contribution in [0.3, 0.4) is 0 Å². The minimum atomic E-state index is -0.899. The van der Waals surface area contributed by atoms with Gasteiger partial charge in [0, 0.05) is 0 Å². The highest BCUT2D eigenvalue weighted by Gasteiger charge is 2.38. The lowest BCUT2D eigenvalue weighted by molar-refractivity contribution is -0.155. The van der Waals surface area contributed by atoms with Gasteiger partial charge in [-0.25, -0.2) is 0 Å². The van der Waals surface area contributed by atoms with Gasteiger partial charge in [-0.1, -0.05) is 12.2 Å². The van der Waals surface area contributed by atoms with Gasteiger partial charge in [-0.3, -0.25) is 4.79 Å². The standard InChI is InChI=1S/C9H12O3/c1-12-8(11)9(7-10)5-3-2-4-6-9/h2-3,7H,4-6H2,1H3. The van der Waals surface area contributed by atoms with E-state index in [-0.39, 0.29) is 0 Å². The minimum absolute atomic E-state index is 0.415. The maximum Gasteiger partial charge on any atom is 0.319 e. The van der Waals surface area contributed by atoms with Crippen molar-refractivity contribution in [2.45, 2.75) is 19.3 Å². The van der Waals surface area contributed by atoms with Gasteiger partial charge in [0.15, 0.2) is 0 Å². The Hall–Kier alpha value is -1.12. The summed E-state index contributed by atoms with van der Waals surface area (Å²) in [5.41, 5.74) is -0.899. The average Bonchev–Trinajstić information content (AvgIpc) is 2.17. The van der Waals surface area contributed by atoms with E-state index in [1.165, 1.54) is 7.11 Å². The van der Waals surface area contributed by atoms with Gasteiger partial charge in [0.1, 0.15) is 11.7 Å². The number of aldehydes is 1. The Morgan fingerprint density at radius 1 is 1.58 bits per heavy atom. The second-order valence-electron chi connectivity index (χ2n) is 2.98. The third kappa shape index (κ3) is 1.40. The molecule has 1 unspecified atom stereocenters. The summed E-state index contributed by atoms with van der Waals surface area (Å²) in [5.74, 6) is -0.415. The third-order valence-corrected chi connectivity index (χ3v) is 2.22. The van der Waals surface area contributed by atoms with Crippen LogP contribution in [0.5, 0.6) is 0 Å². The van der Waals surface area contributed by atoms with Crippen LogP contribution in [0.25, 0.3) is 0 Å². The Bertz CT molecular complexity index is 220. The molecular weight excluding hydrogens is 156 g/mol. The molecule has 1 atom stereocenters. The fourth-order valence-electron chi connectivity index (χ4n) is 1.40. The van der Waals surface area contributed by atoms with E-state index in [1.807, 2.05) is 12.2 Å². The summed E-state index contributed by atoms with van der Waals surface area (Å²) in [6.45, 7) is 0. The number of rotatable bonds is 2. The molecule has 0 aromatic rings. The molecule has 0 amide bonds. The van der Waals surface area contributed by atoms with Crippen LogP contribution in [-0.4, -0.2) is 19.4 Å². The van der Waals surface area contributed by atoms with E-state index in [0.29, 0.717) is 19.1 Å². The van der Waals surface area contributed by atoms with Crippen LogP contribution in [0.15, 0.2) is 12.2 Å². The van der Waals surface area contributed by atoms with E-state index in [1.54, 1.807) is 0 Å². The zero-order valence-corrected chi connectivity index (χ0v) is 7.08. The molecule has 1 aliphatic rings. The molecule has 1 aliphatic carbocycles. The Morgan fingerprint density at radius 2 is 2.33 bits per heavy atom. The van der Waals surface area contributed by atoms with E-state index >= 15 is 0 Å². The molecular formula is C9H12O3. The molecule has 0 saturated carbocycles. The Kier molecular flexibility index (Phi) is 2.63. The molecule has 0 aliphatic heterocycles. The number of ether oxygens (including phenoxy) is 1. The second-order valence-corrected chi connectivity index (χ2v) is 2.98. The predicted molar refractivity (Wildman–Crippen MR) is 43.5 cm³/mol. The number of allylic oxidation sites excluding steroid dienone is 2. The average molecular weight is 168 g/mol. The van der Waals surface area contributed by atoms with Gasteiger partial charge >= 0.3 is 5.97 Å². The van der Waals surface area contributed by atoms with Crippen molar-refractivity contribution >= 4 is 12.3 Å². The summed E-state index contributed by atoms with van der Waals surface area (Å²) in [4.78, 5) is 22.0. The predicted octanol–water partition coefficient (Wildman–Crippen LogP) is 1.08. The van der Waals surface area contributed by atoms with E-state index in [9.17, 15) is 9.59 Å². The highest BCUT2D eigenvalue weighted by molar-refractivity contribution is 5.93. The van der Waals surface area contributed by atoms with Crippen LogP contribution in [0, 0.1) is 5.41 Å². The molecule has 12 heavy (non-hydrogen) atoms. The topological polar surface area (TPSA) is 43.4 Å². The molecule has 3 nitrogen and oxygen atoms in total. The van der Waals surface area contributed by atoms with Crippen LogP contribution in [0.2, 0.25) is 0 Å². The van der Waals surface area contributed by atoms with Gasteiger partial charge in [0.05, 0.1) is 7.11 Å². The van der Waals surface area contributed by atoms with Crippen molar-refractivity contribution in [1.29, 1.82) is 0 Å². The van der Waals surface area contributed by atoms with Crippen molar-refractivity contribution in [3.63, 3.8) is 0 Å². The molecule has 0 bridgehead atoms. The van der Waals surface area contributed by atoms with Crippen LogP contribution in [0.1, 0.15) is 19.3 Å². The lowest BCUT2D eigenvalue weighted by atomic mass is 9.78. The monoisotopic (exact) mass is 168 g/mol. The molecule has 3 heteroatoms. The van der Waals surface area contributed by atoms with Crippen LogP contribution in [0.4, 0.5) is 0 Å². The Balaban J connectivity index is 2.81. The summed E-state index contributed by atoms with van der Waals surface area (Å²) >= 11 is 0. The fourth-order valence-corrected chi connectivity index (χ4v) is 1.40. The number of carbonyl (C=O) groups is 2. The molecule has 0 saturated heterocycles. The fraction of sp³-hybridized carbons (Fsp3) is 0.556. The molecule has 0 fully saturated rings. The van der Waals surface area contributed by atoms with Gasteiger partial charge in [-0.05, 0) is 19.3 Å². The molecule has 1 rings (SSSR count). The van der Waals surface area contributed by atoms with Crippen molar-refractivity contribution in [1.82, 2.24) is 0 Å². The zero-order chi connectivity index (χ0) is 9.03. The Morgan fingerprint density at radius 3 is 2.75 bits per heavy atom. The lowest BCUT2D eigenvalue weighted by Gasteiger charge is -2.25. The normalized spacial score (nSPS) is 28.1. The summed E-state index contributed by atoms with van der Waals surface area (Å²) in [7, 11) is 1.31. The first-order chi connectivity index (χ1) is 5.75. The van der Waals surface area contributed by atoms with Gasteiger partial charge in [-0.2, -0.15) is 0 Å². The van der Waals surface area contributed by atoms with E-state index in [4.69, 9.17) is 0 Å². The number of hydrogen-bond acceptors (Lipinski definition) is 3. The molecule has 66 valence electrons. The van der Waals surface area contributed by atoms with Crippen molar-refractivity contribution in [2.75, 3.05) is 7.11 Å². The molecule has 0 spiro atoms. The van der Waals surface area contributed by atoms with Crippen LogP contribution in [-0.2, 0) is 14.3 Å². The number of methoxy groups -OCH3 is 1. The maximum atomic E-state index is 11.2. The van der Waals surface area contributed by atoms with E-state index in [2.05, 4.69) is 4.74 Å². The first-order valence-corrected chi connectivity index (χ1v) is 3.95.